The van der Waals surface area contributed by atoms with Crippen molar-refractivity contribution >= 4 is 107 Å². The van der Waals surface area contributed by atoms with E-state index in [4.69, 9.17) is 142 Å². The summed E-state index contributed by atoms with van der Waals surface area (Å²) in [7, 11) is 0. The standard InChI is InChI=1S/C72H96O48/c1-31(73)91-19-49-55(103-37(7)79)61(109-43(13)85)67(115-49)25-98-69(63(111-45(15)87)57(105-39(9)81)51(117-69)21-93-33(3)75)27-100-71(65(113-47(17)89)59(107-41(11)83)53(119-71)23-95-35(5)77)29-102-72(66(114-48(18)90)60(108-42(12)84)54(120-72)24-96-36(6)78)30-101-70(64(112-46(16)88)58(106-40(10)82)52(118-70)22-94-34(4)76)28-99-68(26-97-67)62(110-44(14)86)56(104-38(8)80)50(116-68)20-92-32(2)74/h49-66H,19-30H2,1-18H3/t49-,50-,51-,52-,53-,54-,55-,56-,57-,58-,59-,60-,61+,62+,63+,64+,65+,66+,67-,68-,69-,70-,71-,72-/m1/s1. The van der Waals surface area contributed by atoms with Crippen LogP contribution in [-0.2, 0) is 228 Å². The number of rotatable bonds is 24. The fourth-order valence-electron chi connectivity index (χ4n) is 14.0. The summed E-state index contributed by atoms with van der Waals surface area (Å²) in [5.41, 5.74) is 0. The maximum Gasteiger partial charge on any atom is 0.303 e. The van der Waals surface area contributed by atoms with Gasteiger partial charge in [0.15, 0.2) is 73.2 Å². The van der Waals surface area contributed by atoms with Crippen molar-refractivity contribution in [2.45, 2.75) is 269 Å². The van der Waals surface area contributed by atoms with Crippen LogP contribution in [0.4, 0.5) is 0 Å². The number of carbonyl (C=O) groups is 18. The molecular formula is C72H96O48. The van der Waals surface area contributed by atoms with Gasteiger partial charge in [-0.1, -0.05) is 0 Å². The molecular weight excluding hydrogens is 1630 g/mol. The van der Waals surface area contributed by atoms with Crippen LogP contribution >= 0.6 is 0 Å². The summed E-state index contributed by atoms with van der Waals surface area (Å²) in [5.74, 6) is -41.4. The molecule has 0 unspecified atom stereocenters. The predicted octanol–water partition coefficient (Wildman–Crippen LogP) is -2.77. The molecule has 48 heteroatoms. The van der Waals surface area contributed by atoms with Gasteiger partial charge in [0.05, 0.1) is 0 Å². The summed E-state index contributed by atoms with van der Waals surface area (Å²) in [6.07, 6.45) is -39.6. The van der Waals surface area contributed by atoms with Gasteiger partial charge in [-0.2, -0.15) is 0 Å². The second-order valence-corrected chi connectivity index (χ2v) is 28.0. The zero-order chi connectivity index (χ0) is 89.5. The molecule has 7 fully saturated rings. The summed E-state index contributed by atoms with van der Waals surface area (Å²) >= 11 is 0. The summed E-state index contributed by atoms with van der Waals surface area (Å²) in [5, 5.41) is 0. The van der Waals surface area contributed by atoms with Crippen LogP contribution in [0.3, 0.4) is 0 Å². The van der Waals surface area contributed by atoms with E-state index in [-0.39, 0.29) is 0 Å². The molecule has 7 saturated heterocycles. The molecule has 0 bridgehead atoms. The molecule has 7 heterocycles. The second kappa shape index (κ2) is 41.0. The first-order valence-corrected chi connectivity index (χ1v) is 36.8. The SMILES string of the molecule is CC(=O)OC[C@H]1O[C@]2(CO[C@]3(CO[C@]4(CO[C@]5(CO[C@]6(CO[C@]7(CO2)O[C@H](COC(C)=O)[C@@H](OC(C)=O)[C@@H]7OC(C)=O)O[C@H](COC(C)=O)[C@@H](OC(C)=O)[C@@H]6OC(C)=O)O[C@H](COC(C)=O)[C@@H](OC(C)=O)[C@@H]5OC(C)=O)O[C@H](COC(C)=O)[C@@H](OC(C)=O)[C@@H]4OC(C)=O)O[C@H](COC(C)=O)[C@@H](OC(C)=O)[C@@H]3OC(C)=O)[C@@H](OC(C)=O)[C@@H]1OC(C)=O. The summed E-state index contributed by atoms with van der Waals surface area (Å²) < 4.78 is 185. The zero-order valence-electron chi connectivity index (χ0n) is 68.5. The number of hydrogen-bond acceptors (Lipinski definition) is 48. The molecule has 0 amide bonds. The third kappa shape index (κ3) is 24.6. The molecule has 6 spiro atoms. The minimum absolute atomic E-state index is 0.796. The number of ether oxygens (including phenoxy) is 30. The van der Waals surface area contributed by atoms with Gasteiger partial charge in [-0.05, 0) is 0 Å². The maximum absolute atomic E-state index is 14.0. The third-order valence-electron chi connectivity index (χ3n) is 18.1. The van der Waals surface area contributed by atoms with Crippen molar-refractivity contribution in [3.05, 3.63) is 0 Å². The van der Waals surface area contributed by atoms with Crippen LogP contribution in [-0.4, -0.2) is 331 Å². The highest BCUT2D eigenvalue weighted by Gasteiger charge is 2.73. The Kier molecular flexibility index (Phi) is 33.2. The van der Waals surface area contributed by atoms with Gasteiger partial charge in [0.1, 0.15) is 116 Å². The van der Waals surface area contributed by atoms with Gasteiger partial charge in [0.2, 0.25) is 34.7 Å². The van der Waals surface area contributed by atoms with Crippen LogP contribution in [0.5, 0.6) is 0 Å². The Labute approximate surface area is 682 Å². The number of carbonyl (C=O) groups excluding carboxylic acids is 18. The van der Waals surface area contributed by atoms with Crippen molar-refractivity contribution in [2.75, 3.05) is 79.3 Å². The third-order valence-corrected chi connectivity index (χ3v) is 18.1. The molecule has 0 radical (unpaired) electrons. The van der Waals surface area contributed by atoms with Crippen molar-refractivity contribution in [1.29, 1.82) is 0 Å². The topological polar surface area (TPSA) is 584 Å². The monoisotopic (exact) mass is 1730 g/mol. The lowest BCUT2D eigenvalue weighted by atomic mass is 10.0. The van der Waals surface area contributed by atoms with Crippen molar-refractivity contribution in [3.63, 3.8) is 0 Å². The largest absolute Gasteiger partial charge is 0.463 e. The number of hydrogen-bond donors (Lipinski definition) is 0. The normalized spacial score (nSPS) is 34.6. The van der Waals surface area contributed by atoms with E-state index >= 15 is 0 Å². The van der Waals surface area contributed by atoms with Crippen molar-refractivity contribution in [2.24, 2.45) is 0 Å². The molecule has 24 atom stereocenters. The minimum atomic E-state index is -3.32. The van der Waals surface area contributed by atoms with E-state index in [1.807, 2.05) is 0 Å². The highest BCUT2D eigenvalue weighted by Crippen LogP contribution is 2.51. The molecule has 0 aromatic heterocycles. The van der Waals surface area contributed by atoms with E-state index in [2.05, 4.69) is 0 Å². The molecule has 0 aromatic carbocycles. The molecule has 0 N–H and O–H groups in total. The molecule has 0 aliphatic carbocycles. The Bertz CT molecular complexity index is 3180. The first-order valence-electron chi connectivity index (χ1n) is 36.8. The van der Waals surface area contributed by atoms with Crippen LogP contribution in [0, 0.1) is 0 Å². The molecule has 0 saturated carbocycles. The fraction of sp³-hybridized carbons (Fsp3) is 0.750. The van der Waals surface area contributed by atoms with Crippen molar-refractivity contribution in [3.8, 4) is 0 Å². The van der Waals surface area contributed by atoms with E-state index in [9.17, 15) is 86.3 Å². The van der Waals surface area contributed by atoms with Gasteiger partial charge >= 0.3 is 107 Å². The lowest BCUT2D eigenvalue weighted by Crippen LogP contribution is -2.63. The van der Waals surface area contributed by atoms with Crippen molar-refractivity contribution in [1.82, 2.24) is 0 Å². The molecule has 120 heavy (non-hydrogen) atoms. The van der Waals surface area contributed by atoms with Gasteiger partial charge in [-0.15, -0.1) is 0 Å². The molecule has 7 aliphatic heterocycles. The average Bonchev–Trinajstić information content (AvgIpc) is 1.57. The van der Waals surface area contributed by atoms with Gasteiger partial charge in [-0.3, -0.25) is 86.3 Å². The molecule has 7 aliphatic rings. The second-order valence-electron chi connectivity index (χ2n) is 28.0. The van der Waals surface area contributed by atoms with Gasteiger partial charge < -0.3 is 142 Å². The van der Waals surface area contributed by atoms with Crippen LogP contribution in [0.25, 0.3) is 0 Å². The summed E-state index contributed by atoms with van der Waals surface area (Å²) in [6.45, 7) is -0.678. The van der Waals surface area contributed by atoms with E-state index in [0.717, 1.165) is 125 Å². The lowest BCUT2D eigenvalue weighted by Gasteiger charge is -2.45. The van der Waals surface area contributed by atoms with Gasteiger partial charge in [0, 0.05) is 125 Å². The van der Waals surface area contributed by atoms with Crippen LogP contribution < -0.4 is 0 Å². The summed E-state index contributed by atoms with van der Waals surface area (Å²) in [6, 6.07) is 0. The Morgan fingerprint density at radius 2 is 0.292 bits per heavy atom. The van der Waals surface area contributed by atoms with E-state index in [1.54, 1.807) is 0 Å². The van der Waals surface area contributed by atoms with Crippen LogP contribution in [0.15, 0.2) is 0 Å². The Morgan fingerprint density at radius 3 is 0.383 bits per heavy atom. The average molecular weight is 1730 g/mol. The molecule has 48 nitrogen and oxygen atoms in total. The first-order chi connectivity index (χ1) is 56.0. The lowest BCUT2D eigenvalue weighted by molar-refractivity contribution is -0.401. The highest BCUT2D eigenvalue weighted by atomic mass is 16.9. The fourth-order valence-corrected chi connectivity index (χ4v) is 14.0. The Hall–Kier alpha value is -10.0. The maximum atomic E-state index is 14.0. The van der Waals surface area contributed by atoms with E-state index < -0.39 is 331 Å². The van der Waals surface area contributed by atoms with Crippen LogP contribution in [0.2, 0.25) is 0 Å². The van der Waals surface area contributed by atoms with E-state index in [0.29, 0.717) is 0 Å². The van der Waals surface area contributed by atoms with Gasteiger partial charge in [-0.25, -0.2) is 0 Å². The quantitative estimate of drug-likeness (QED) is 0.0697. The van der Waals surface area contributed by atoms with Crippen LogP contribution in [0.1, 0.15) is 125 Å². The molecule has 7 rings (SSSR count). The minimum Gasteiger partial charge on any atom is -0.463 e. The molecule has 0 aromatic rings. The van der Waals surface area contributed by atoms with Crippen molar-refractivity contribution < 1.29 is 228 Å². The summed E-state index contributed by atoms with van der Waals surface area (Å²) in [4.78, 5) is 243. The van der Waals surface area contributed by atoms with E-state index in [1.165, 1.54) is 0 Å². The molecule has 672 valence electrons. The zero-order valence-corrected chi connectivity index (χ0v) is 68.5. The van der Waals surface area contributed by atoms with Gasteiger partial charge in [0.25, 0.3) is 0 Å². The highest BCUT2D eigenvalue weighted by molar-refractivity contribution is 5.73. The Morgan fingerprint density at radius 1 is 0.183 bits per heavy atom. The first kappa shape index (κ1) is 97.1. The Balaban J connectivity index is 1.77. The predicted molar refractivity (Wildman–Crippen MR) is 368 cm³/mol. The number of esters is 18. The smallest absolute Gasteiger partial charge is 0.303 e.